The highest BCUT2D eigenvalue weighted by Crippen LogP contribution is 2.24. The molecule has 0 aliphatic heterocycles. The summed E-state index contributed by atoms with van der Waals surface area (Å²) < 4.78 is 4.66. The van der Waals surface area contributed by atoms with Crippen LogP contribution in [-0.4, -0.2) is 22.4 Å². The first-order chi connectivity index (χ1) is 8.41. The van der Waals surface area contributed by atoms with Crippen molar-refractivity contribution in [1.29, 1.82) is 0 Å². The highest BCUT2D eigenvalue weighted by Gasteiger charge is 2.19. The van der Waals surface area contributed by atoms with Crippen LogP contribution in [-0.2, 0) is 16.0 Å². The molecule has 0 fully saturated rings. The maximum atomic E-state index is 10.8. The van der Waals surface area contributed by atoms with Crippen LogP contribution in [0.3, 0.4) is 0 Å². The zero-order valence-corrected chi connectivity index (χ0v) is 9.49. The normalized spacial score (nSPS) is 9.83. The molecule has 0 amide bonds. The van der Waals surface area contributed by atoms with Gasteiger partial charge >= 0.3 is 5.97 Å². The second-order valence-electron chi connectivity index (χ2n) is 3.42. The van der Waals surface area contributed by atoms with Crippen molar-refractivity contribution in [1.82, 2.24) is 0 Å². The minimum absolute atomic E-state index is 0.00597. The molecule has 1 aromatic carbocycles. The Hall–Kier alpha value is -2.51. The number of benzene rings is 1. The Labute approximate surface area is 101 Å². The molecule has 0 atom stereocenters. The lowest BCUT2D eigenvalue weighted by molar-refractivity contribution is -0.394. The van der Waals surface area contributed by atoms with Crippen LogP contribution in [0.5, 0.6) is 0 Å². The molecule has 1 aromatic rings. The molecule has 0 unspecified atom stereocenters. The number of hydrogen-bond donors (Lipinski definition) is 0. The summed E-state index contributed by atoms with van der Waals surface area (Å²) in [6.45, 7) is 1.22. The van der Waals surface area contributed by atoms with E-state index in [1.165, 1.54) is 19.1 Å². The number of hydrogen-bond acceptors (Lipinski definition) is 6. The summed E-state index contributed by atoms with van der Waals surface area (Å²) >= 11 is 0. The molecule has 0 saturated heterocycles. The van der Waals surface area contributed by atoms with Crippen LogP contribution in [0.15, 0.2) is 18.2 Å². The molecular formula is C10H10N2O6. The molecule has 1 rings (SSSR count). The number of nitrogens with zero attached hydrogens (tertiary/aromatic N) is 2. The van der Waals surface area contributed by atoms with Crippen LogP contribution >= 0.6 is 0 Å². The molecule has 18 heavy (non-hydrogen) atoms. The second kappa shape index (κ2) is 5.71. The van der Waals surface area contributed by atoms with Crippen molar-refractivity contribution in [2.24, 2.45) is 0 Å². The van der Waals surface area contributed by atoms with Gasteiger partial charge in [0, 0.05) is 25.0 Å². The maximum absolute atomic E-state index is 10.8. The fourth-order valence-corrected chi connectivity index (χ4v) is 1.35. The van der Waals surface area contributed by atoms with Gasteiger partial charge < -0.3 is 4.74 Å². The summed E-state index contributed by atoms with van der Waals surface area (Å²) in [5.74, 6) is -0.487. The third kappa shape index (κ3) is 3.51. The van der Waals surface area contributed by atoms with E-state index in [2.05, 4.69) is 4.74 Å². The molecule has 0 aliphatic carbocycles. The van der Waals surface area contributed by atoms with E-state index in [0.29, 0.717) is 0 Å². The lowest BCUT2D eigenvalue weighted by Gasteiger charge is -2.03. The van der Waals surface area contributed by atoms with E-state index in [4.69, 9.17) is 0 Å². The number of nitro benzene ring substituents is 2. The smallest absolute Gasteiger partial charge is 0.302 e. The molecule has 0 heterocycles. The summed E-state index contributed by atoms with van der Waals surface area (Å²) in [5.41, 5.74) is -0.416. The number of rotatable bonds is 5. The van der Waals surface area contributed by atoms with Crippen molar-refractivity contribution in [3.05, 3.63) is 44.0 Å². The minimum Gasteiger partial charge on any atom is -0.466 e. The van der Waals surface area contributed by atoms with Crippen LogP contribution in [0.1, 0.15) is 12.5 Å². The van der Waals surface area contributed by atoms with Crippen molar-refractivity contribution in [3.8, 4) is 0 Å². The van der Waals surface area contributed by atoms with E-state index in [9.17, 15) is 25.0 Å². The number of ether oxygens (including phenoxy) is 1. The Kier molecular flexibility index (Phi) is 4.30. The average Bonchev–Trinajstić information content (AvgIpc) is 2.28. The fraction of sp³-hybridized carbons (Fsp3) is 0.300. The van der Waals surface area contributed by atoms with Crippen LogP contribution in [0, 0.1) is 20.2 Å². The molecule has 8 heteroatoms. The van der Waals surface area contributed by atoms with E-state index in [0.717, 1.165) is 6.07 Å². The van der Waals surface area contributed by atoms with Crippen LogP contribution in [0.25, 0.3) is 0 Å². The SMILES string of the molecule is CC(=O)OCCc1ccc([N+](=O)[O-])cc1[N+](=O)[O-]. The van der Waals surface area contributed by atoms with Gasteiger partial charge in [0.15, 0.2) is 0 Å². The lowest BCUT2D eigenvalue weighted by atomic mass is 10.1. The third-order valence-electron chi connectivity index (χ3n) is 2.15. The number of nitro groups is 2. The predicted molar refractivity (Wildman–Crippen MR) is 60.1 cm³/mol. The van der Waals surface area contributed by atoms with Gasteiger partial charge in [0.2, 0.25) is 0 Å². The zero-order chi connectivity index (χ0) is 13.7. The Morgan fingerprint density at radius 3 is 2.44 bits per heavy atom. The molecule has 0 aromatic heterocycles. The molecule has 0 radical (unpaired) electrons. The maximum Gasteiger partial charge on any atom is 0.302 e. The lowest BCUT2D eigenvalue weighted by Crippen LogP contribution is -2.05. The monoisotopic (exact) mass is 254 g/mol. The average molecular weight is 254 g/mol. The van der Waals surface area contributed by atoms with Crippen molar-refractivity contribution in [3.63, 3.8) is 0 Å². The van der Waals surface area contributed by atoms with Gasteiger partial charge in [0.05, 0.1) is 22.5 Å². The third-order valence-corrected chi connectivity index (χ3v) is 2.15. The molecular weight excluding hydrogens is 244 g/mol. The highest BCUT2D eigenvalue weighted by molar-refractivity contribution is 5.65. The van der Waals surface area contributed by atoms with E-state index in [-0.39, 0.29) is 30.0 Å². The molecule has 0 N–H and O–H groups in total. The summed E-state index contributed by atoms with van der Waals surface area (Å²) in [5, 5.41) is 21.3. The molecule has 96 valence electrons. The van der Waals surface area contributed by atoms with Gasteiger partial charge in [-0.1, -0.05) is 0 Å². The van der Waals surface area contributed by atoms with Crippen molar-refractivity contribution < 1.29 is 19.4 Å². The quantitative estimate of drug-likeness (QED) is 0.448. The summed E-state index contributed by atoms with van der Waals surface area (Å²) in [6.07, 6.45) is 0.133. The summed E-state index contributed by atoms with van der Waals surface area (Å²) in [6, 6.07) is 3.36. The van der Waals surface area contributed by atoms with Crippen LogP contribution in [0.2, 0.25) is 0 Å². The predicted octanol–water partition coefficient (Wildman–Crippen LogP) is 1.61. The second-order valence-corrected chi connectivity index (χ2v) is 3.42. The Morgan fingerprint density at radius 1 is 1.28 bits per heavy atom. The van der Waals surface area contributed by atoms with Gasteiger partial charge in [-0.25, -0.2) is 0 Å². The molecule has 0 saturated carbocycles. The van der Waals surface area contributed by atoms with E-state index >= 15 is 0 Å². The van der Waals surface area contributed by atoms with Gasteiger partial charge in [-0.3, -0.25) is 25.0 Å². The number of carbonyl (C=O) groups is 1. The number of esters is 1. The van der Waals surface area contributed by atoms with Crippen molar-refractivity contribution in [2.75, 3.05) is 6.61 Å². The van der Waals surface area contributed by atoms with E-state index in [1.54, 1.807) is 0 Å². The van der Waals surface area contributed by atoms with Gasteiger partial charge in [-0.2, -0.15) is 0 Å². The van der Waals surface area contributed by atoms with Crippen molar-refractivity contribution in [2.45, 2.75) is 13.3 Å². The van der Waals surface area contributed by atoms with E-state index in [1.807, 2.05) is 0 Å². The van der Waals surface area contributed by atoms with Gasteiger partial charge in [0.1, 0.15) is 0 Å². The van der Waals surface area contributed by atoms with Gasteiger partial charge in [-0.05, 0) is 6.07 Å². The topological polar surface area (TPSA) is 113 Å². The first kappa shape index (κ1) is 13.6. The number of non-ortho nitro benzene ring substituents is 1. The first-order valence-electron chi connectivity index (χ1n) is 4.97. The van der Waals surface area contributed by atoms with Gasteiger partial charge in [-0.15, -0.1) is 0 Å². The highest BCUT2D eigenvalue weighted by atomic mass is 16.6. The number of carbonyl (C=O) groups excluding carboxylic acids is 1. The Balaban J connectivity index is 2.93. The Bertz CT molecular complexity index is 499. The molecule has 8 nitrogen and oxygen atoms in total. The largest absolute Gasteiger partial charge is 0.466 e. The first-order valence-corrected chi connectivity index (χ1v) is 4.97. The van der Waals surface area contributed by atoms with E-state index < -0.39 is 15.8 Å². The van der Waals surface area contributed by atoms with Crippen molar-refractivity contribution >= 4 is 17.3 Å². The summed E-state index contributed by atoms with van der Waals surface area (Å²) in [4.78, 5) is 30.4. The van der Waals surface area contributed by atoms with Crippen LogP contribution < -0.4 is 0 Å². The standard InChI is InChI=1S/C10H10N2O6/c1-7(13)18-5-4-8-2-3-9(11(14)15)6-10(8)12(16)17/h2-3,6H,4-5H2,1H3. The fourth-order valence-electron chi connectivity index (χ4n) is 1.35. The summed E-state index contributed by atoms with van der Waals surface area (Å²) in [7, 11) is 0. The molecule has 0 bridgehead atoms. The van der Waals surface area contributed by atoms with Gasteiger partial charge in [0.25, 0.3) is 11.4 Å². The minimum atomic E-state index is -0.706. The zero-order valence-electron chi connectivity index (χ0n) is 9.49. The molecule has 0 aliphatic rings. The van der Waals surface area contributed by atoms with Crippen LogP contribution in [0.4, 0.5) is 11.4 Å². The molecule has 0 spiro atoms. The Morgan fingerprint density at radius 2 is 1.94 bits per heavy atom.